The summed E-state index contributed by atoms with van der Waals surface area (Å²) in [5, 5.41) is 2.75. The molecule has 0 fully saturated rings. The Balaban J connectivity index is 1.61. The van der Waals surface area contributed by atoms with Crippen LogP contribution in [0.4, 0.5) is 0 Å². The lowest BCUT2D eigenvalue weighted by Gasteiger charge is -2.09. The highest BCUT2D eigenvalue weighted by molar-refractivity contribution is 9.10. The Labute approximate surface area is 138 Å². The predicted molar refractivity (Wildman–Crippen MR) is 89.3 cm³/mol. The van der Waals surface area contributed by atoms with Gasteiger partial charge in [0.25, 0.3) is 5.91 Å². The van der Waals surface area contributed by atoms with E-state index >= 15 is 0 Å². The number of amides is 1. The van der Waals surface area contributed by atoms with E-state index in [4.69, 9.17) is 9.47 Å². The molecule has 22 heavy (non-hydrogen) atoms. The highest BCUT2D eigenvalue weighted by Crippen LogP contribution is 2.15. The van der Waals surface area contributed by atoms with Crippen LogP contribution in [0.1, 0.15) is 5.56 Å². The van der Waals surface area contributed by atoms with Crippen LogP contribution < -0.4 is 14.8 Å². The van der Waals surface area contributed by atoms with E-state index in [2.05, 4.69) is 21.2 Å². The van der Waals surface area contributed by atoms with Gasteiger partial charge in [-0.3, -0.25) is 4.79 Å². The molecular weight excluding hydrogens is 346 g/mol. The van der Waals surface area contributed by atoms with E-state index in [1.54, 1.807) is 12.1 Å². The van der Waals surface area contributed by atoms with Crippen molar-refractivity contribution in [2.45, 2.75) is 6.92 Å². The molecule has 0 saturated carbocycles. The minimum Gasteiger partial charge on any atom is -0.492 e. The van der Waals surface area contributed by atoms with Crippen molar-refractivity contribution in [2.75, 3.05) is 19.8 Å². The molecule has 2 aromatic rings. The maximum Gasteiger partial charge on any atom is 0.258 e. The second-order valence-electron chi connectivity index (χ2n) is 4.75. The van der Waals surface area contributed by atoms with E-state index in [9.17, 15) is 4.79 Å². The molecule has 4 nitrogen and oxygen atoms in total. The van der Waals surface area contributed by atoms with Gasteiger partial charge in [-0.05, 0) is 43.3 Å². The fourth-order valence-corrected chi connectivity index (χ4v) is 1.99. The zero-order valence-electron chi connectivity index (χ0n) is 12.3. The summed E-state index contributed by atoms with van der Waals surface area (Å²) in [7, 11) is 0. The van der Waals surface area contributed by atoms with Crippen LogP contribution in [0.5, 0.6) is 11.5 Å². The average molecular weight is 364 g/mol. The summed E-state index contributed by atoms with van der Waals surface area (Å²) in [5.74, 6) is 1.29. The van der Waals surface area contributed by atoms with Crippen LogP contribution in [0.15, 0.2) is 53.0 Å². The first-order chi connectivity index (χ1) is 10.6. The molecular formula is C17H18BrNO3. The van der Waals surface area contributed by atoms with Gasteiger partial charge in [0.1, 0.15) is 18.1 Å². The molecule has 0 aliphatic carbocycles. The fourth-order valence-electron chi connectivity index (χ4n) is 1.72. The van der Waals surface area contributed by atoms with E-state index in [0.29, 0.717) is 18.9 Å². The molecule has 0 aliphatic rings. The first-order valence-electron chi connectivity index (χ1n) is 6.98. The lowest BCUT2D eigenvalue weighted by molar-refractivity contribution is -0.123. The minimum absolute atomic E-state index is 0.00777. The van der Waals surface area contributed by atoms with E-state index in [1.165, 1.54) is 5.56 Å². The summed E-state index contributed by atoms with van der Waals surface area (Å²) in [6.45, 7) is 2.88. The van der Waals surface area contributed by atoms with Gasteiger partial charge in [-0.2, -0.15) is 0 Å². The summed E-state index contributed by atoms with van der Waals surface area (Å²) in [5.41, 5.74) is 1.19. The van der Waals surface area contributed by atoms with Crippen LogP contribution in [0.3, 0.4) is 0 Å². The molecule has 0 radical (unpaired) electrons. The summed E-state index contributed by atoms with van der Waals surface area (Å²) < 4.78 is 11.9. The molecule has 0 saturated heterocycles. The van der Waals surface area contributed by atoms with E-state index < -0.39 is 0 Å². The van der Waals surface area contributed by atoms with Gasteiger partial charge in [0, 0.05) is 4.47 Å². The van der Waals surface area contributed by atoms with Crippen LogP contribution in [-0.2, 0) is 4.79 Å². The van der Waals surface area contributed by atoms with Crippen LogP contribution in [0.2, 0.25) is 0 Å². The van der Waals surface area contributed by atoms with Gasteiger partial charge in [0.05, 0.1) is 6.54 Å². The van der Waals surface area contributed by atoms with Gasteiger partial charge in [-0.25, -0.2) is 0 Å². The number of carbonyl (C=O) groups is 1. The van der Waals surface area contributed by atoms with Gasteiger partial charge in [0.2, 0.25) is 0 Å². The van der Waals surface area contributed by atoms with Gasteiger partial charge in [-0.1, -0.05) is 33.6 Å². The monoisotopic (exact) mass is 363 g/mol. The Hall–Kier alpha value is -2.01. The molecule has 0 bridgehead atoms. The molecule has 0 spiro atoms. The molecule has 1 N–H and O–H groups in total. The lowest BCUT2D eigenvalue weighted by atomic mass is 10.2. The maximum atomic E-state index is 11.6. The van der Waals surface area contributed by atoms with E-state index in [0.717, 1.165) is 10.2 Å². The number of hydrogen-bond donors (Lipinski definition) is 1. The van der Waals surface area contributed by atoms with Crippen LogP contribution in [-0.4, -0.2) is 25.7 Å². The summed E-state index contributed by atoms with van der Waals surface area (Å²) in [6, 6.07) is 15.1. The number of carbonyl (C=O) groups excluding carboxylic acids is 1. The molecule has 0 aromatic heterocycles. The Bertz CT molecular complexity index is 596. The van der Waals surface area contributed by atoms with Crippen molar-refractivity contribution in [3.8, 4) is 11.5 Å². The molecule has 0 heterocycles. The van der Waals surface area contributed by atoms with E-state index in [-0.39, 0.29) is 12.5 Å². The summed E-state index contributed by atoms with van der Waals surface area (Å²) in [6.07, 6.45) is 0. The summed E-state index contributed by atoms with van der Waals surface area (Å²) in [4.78, 5) is 11.6. The highest BCUT2D eigenvalue weighted by atomic mass is 79.9. The Kier molecular flexibility index (Phi) is 6.27. The van der Waals surface area contributed by atoms with Crippen molar-refractivity contribution in [2.24, 2.45) is 0 Å². The van der Waals surface area contributed by atoms with Gasteiger partial charge < -0.3 is 14.8 Å². The molecule has 5 heteroatoms. The number of hydrogen-bond acceptors (Lipinski definition) is 3. The molecule has 0 atom stereocenters. The largest absolute Gasteiger partial charge is 0.492 e. The Morgan fingerprint density at radius 2 is 1.59 bits per heavy atom. The Morgan fingerprint density at radius 3 is 2.27 bits per heavy atom. The molecule has 2 aromatic carbocycles. The van der Waals surface area contributed by atoms with Crippen molar-refractivity contribution in [3.05, 3.63) is 58.6 Å². The molecule has 2 rings (SSSR count). The average Bonchev–Trinajstić information content (AvgIpc) is 2.53. The van der Waals surface area contributed by atoms with E-state index in [1.807, 2.05) is 43.3 Å². The fraction of sp³-hybridized carbons (Fsp3) is 0.235. The predicted octanol–water partition coefficient (Wildman–Crippen LogP) is 3.33. The number of halogens is 1. The van der Waals surface area contributed by atoms with Crippen molar-refractivity contribution >= 4 is 21.8 Å². The second-order valence-corrected chi connectivity index (χ2v) is 5.67. The Morgan fingerprint density at radius 1 is 1.00 bits per heavy atom. The van der Waals surface area contributed by atoms with Gasteiger partial charge >= 0.3 is 0 Å². The number of benzene rings is 2. The molecule has 0 aliphatic heterocycles. The third-order valence-electron chi connectivity index (χ3n) is 2.90. The van der Waals surface area contributed by atoms with Gasteiger partial charge in [-0.15, -0.1) is 0 Å². The third kappa shape index (κ3) is 5.77. The number of nitrogens with one attached hydrogen (secondary N) is 1. The van der Waals surface area contributed by atoms with Crippen molar-refractivity contribution in [1.29, 1.82) is 0 Å². The molecule has 1 amide bonds. The molecule has 116 valence electrons. The number of rotatable bonds is 7. The first-order valence-corrected chi connectivity index (χ1v) is 7.77. The quantitative estimate of drug-likeness (QED) is 0.767. The second kappa shape index (κ2) is 8.44. The topological polar surface area (TPSA) is 47.6 Å². The third-order valence-corrected chi connectivity index (χ3v) is 3.43. The van der Waals surface area contributed by atoms with Gasteiger partial charge in [0.15, 0.2) is 6.61 Å². The lowest BCUT2D eigenvalue weighted by Crippen LogP contribution is -2.32. The SMILES string of the molecule is Cc1ccc(OCCNC(=O)COc2ccc(Br)cc2)cc1. The maximum absolute atomic E-state index is 11.6. The number of ether oxygens (including phenoxy) is 2. The van der Waals surface area contributed by atoms with Crippen LogP contribution in [0.25, 0.3) is 0 Å². The zero-order valence-corrected chi connectivity index (χ0v) is 13.9. The number of aryl methyl sites for hydroxylation is 1. The van der Waals surface area contributed by atoms with Crippen molar-refractivity contribution in [3.63, 3.8) is 0 Å². The van der Waals surface area contributed by atoms with Crippen molar-refractivity contribution < 1.29 is 14.3 Å². The van der Waals surface area contributed by atoms with Crippen LogP contribution in [0, 0.1) is 6.92 Å². The normalized spacial score (nSPS) is 10.1. The zero-order chi connectivity index (χ0) is 15.8. The van der Waals surface area contributed by atoms with Crippen LogP contribution >= 0.6 is 15.9 Å². The summed E-state index contributed by atoms with van der Waals surface area (Å²) >= 11 is 3.34. The smallest absolute Gasteiger partial charge is 0.258 e. The highest BCUT2D eigenvalue weighted by Gasteiger charge is 2.02. The first kappa shape index (κ1) is 16.4. The standard InChI is InChI=1S/C17H18BrNO3/c1-13-2-6-15(7-3-13)21-11-10-19-17(20)12-22-16-8-4-14(18)5-9-16/h2-9H,10-12H2,1H3,(H,19,20). The molecule has 0 unspecified atom stereocenters. The minimum atomic E-state index is -0.171. The van der Waals surface area contributed by atoms with Crippen molar-refractivity contribution in [1.82, 2.24) is 5.32 Å².